The minimum absolute atomic E-state index is 0.144. The average Bonchev–Trinajstić information content (AvgIpc) is 3.10. The summed E-state index contributed by atoms with van der Waals surface area (Å²) in [5, 5.41) is 7.85. The molecule has 0 saturated heterocycles. The Bertz CT molecular complexity index is 704. The summed E-state index contributed by atoms with van der Waals surface area (Å²) in [7, 11) is 1.34. The molecule has 2 rings (SSSR count). The van der Waals surface area contributed by atoms with Crippen LogP contribution < -0.4 is 10.2 Å². The molecule has 0 aliphatic heterocycles. The first-order valence-electron chi connectivity index (χ1n) is 7.97. The minimum Gasteiger partial charge on any atom is -0.468 e. The molecule has 25 heavy (non-hydrogen) atoms. The zero-order valence-corrected chi connectivity index (χ0v) is 15.6. The van der Waals surface area contributed by atoms with Crippen molar-refractivity contribution in [3.8, 4) is 5.95 Å². The van der Waals surface area contributed by atoms with Crippen molar-refractivity contribution in [2.45, 2.75) is 25.9 Å². The fraction of sp³-hybridized carbons (Fsp3) is 0.571. The van der Waals surface area contributed by atoms with Crippen LogP contribution in [0.2, 0.25) is 0 Å². The van der Waals surface area contributed by atoms with Gasteiger partial charge >= 0.3 is 5.97 Å². The molecule has 0 unspecified atom stereocenters. The molecule has 0 radical (unpaired) electrons. The van der Waals surface area contributed by atoms with E-state index in [1.54, 1.807) is 0 Å². The predicted octanol–water partition coefficient (Wildman–Crippen LogP) is 0.995. The molecule has 2 aromatic heterocycles. The molecule has 0 amide bonds. The SMILES string of the molecule is CCNc1nc(N(CC)CC)nc(-n2cnc(SCC(=O)OC)n2)n1. The molecule has 0 atom stereocenters. The second-order valence-electron chi connectivity index (χ2n) is 4.80. The number of hydrogen-bond acceptors (Lipinski definition) is 10. The quantitative estimate of drug-likeness (QED) is 0.509. The lowest BCUT2D eigenvalue weighted by Gasteiger charge is -2.19. The van der Waals surface area contributed by atoms with Gasteiger partial charge in [-0.25, -0.2) is 4.98 Å². The first kappa shape index (κ1) is 18.9. The molecular formula is C14H22N8O2S. The Morgan fingerprint density at radius 1 is 1.28 bits per heavy atom. The van der Waals surface area contributed by atoms with Gasteiger partial charge in [0.05, 0.1) is 12.9 Å². The molecule has 11 heteroatoms. The van der Waals surface area contributed by atoms with Crippen molar-refractivity contribution in [3.05, 3.63) is 6.33 Å². The summed E-state index contributed by atoms with van der Waals surface area (Å²) in [5.41, 5.74) is 0. The summed E-state index contributed by atoms with van der Waals surface area (Å²) in [6, 6.07) is 0. The van der Waals surface area contributed by atoms with Crippen molar-refractivity contribution >= 4 is 29.6 Å². The van der Waals surface area contributed by atoms with Crippen molar-refractivity contribution < 1.29 is 9.53 Å². The van der Waals surface area contributed by atoms with Crippen molar-refractivity contribution in [3.63, 3.8) is 0 Å². The topological polar surface area (TPSA) is 111 Å². The van der Waals surface area contributed by atoms with Gasteiger partial charge in [-0.3, -0.25) is 4.79 Å². The van der Waals surface area contributed by atoms with E-state index in [2.05, 4.69) is 35.1 Å². The van der Waals surface area contributed by atoms with Crippen molar-refractivity contribution in [2.75, 3.05) is 42.7 Å². The largest absolute Gasteiger partial charge is 0.468 e. The van der Waals surface area contributed by atoms with E-state index in [-0.39, 0.29) is 11.7 Å². The molecule has 0 fully saturated rings. The maximum absolute atomic E-state index is 11.2. The van der Waals surface area contributed by atoms with Crippen LogP contribution >= 0.6 is 11.8 Å². The molecule has 0 bridgehead atoms. The van der Waals surface area contributed by atoms with Crippen LogP contribution in [0.3, 0.4) is 0 Å². The maximum Gasteiger partial charge on any atom is 0.316 e. The number of nitrogens with zero attached hydrogens (tertiary/aromatic N) is 7. The first-order chi connectivity index (χ1) is 12.1. The van der Waals surface area contributed by atoms with Gasteiger partial charge in [0, 0.05) is 19.6 Å². The van der Waals surface area contributed by atoms with Crippen LogP contribution in [0, 0.1) is 0 Å². The number of rotatable bonds is 9. The van der Waals surface area contributed by atoms with Crippen LogP contribution in [-0.4, -0.2) is 68.2 Å². The van der Waals surface area contributed by atoms with E-state index in [0.717, 1.165) is 13.1 Å². The van der Waals surface area contributed by atoms with Gasteiger partial charge in [-0.15, -0.1) is 5.10 Å². The van der Waals surface area contributed by atoms with Gasteiger partial charge in [-0.1, -0.05) is 11.8 Å². The predicted molar refractivity (Wildman–Crippen MR) is 95.2 cm³/mol. The Kier molecular flexibility index (Phi) is 6.92. The Hall–Kier alpha value is -2.43. The molecule has 0 spiro atoms. The highest BCUT2D eigenvalue weighted by molar-refractivity contribution is 7.99. The monoisotopic (exact) mass is 366 g/mol. The molecule has 0 aliphatic rings. The Morgan fingerprint density at radius 2 is 2.04 bits per heavy atom. The third-order valence-electron chi connectivity index (χ3n) is 3.22. The number of carbonyl (C=O) groups excluding carboxylic acids is 1. The number of methoxy groups -OCH3 is 1. The lowest BCUT2D eigenvalue weighted by atomic mass is 10.5. The first-order valence-corrected chi connectivity index (χ1v) is 8.96. The molecule has 1 N–H and O–H groups in total. The van der Waals surface area contributed by atoms with Gasteiger partial charge in [0.25, 0.3) is 5.95 Å². The van der Waals surface area contributed by atoms with E-state index < -0.39 is 0 Å². The van der Waals surface area contributed by atoms with Crippen LogP contribution in [0.1, 0.15) is 20.8 Å². The Balaban J connectivity index is 2.28. The molecule has 10 nitrogen and oxygen atoms in total. The third-order valence-corrected chi connectivity index (χ3v) is 4.04. The second kappa shape index (κ2) is 9.16. The molecule has 0 saturated carbocycles. The highest BCUT2D eigenvalue weighted by Crippen LogP contribution is 2.16. The van der Waals surface area contributed by atoms with Gasteiger partial charge in [-0.2, -0.15) is 19.6 Å². The van der Waals surface area contributed by atoms with E-state index >= 15 is 0 Å². The third kappa shape index (κ3) is 5.02. The van der Waals surface area contributed by atoms with Crippen molar-refractivity contribution in [2.24, 2.45) is 0 Å². The van der Waals surface area contributed by atoms with Crippen LogP contribution in [0.5, 0.6) is 0 Å². The number of ether oxygens (including phenoxy) is 1. The van der Waals surface area contributed by atoms with E-state index in [1.807, 2.05) is 25.7 Å². The fourth-order valence-electron chi connectivity index (χ4n) is 1.93. The fourth-order valence-corrected chi connectivity index (χ4v) is 2.57. The number of thioether (sulfide) groups is 1. The van der Waals surface area contributed by atoms with Crippen LogP contribution in [-0.2, 0) is 9.53 Å². The summed E-state index contributed by atoms with van der Waals surface area (Å²) in [5.74, 6) is 1.23. The standard InChI is InChI=1S/C14H22N8O2S/c1-5-15-11-17-12(21(6-2)7-3)19-13(18-11)22-9-16-14(20-22)25-8-10(23)24-4/h9H,5-8H2,1-4H3,(H,15,17,18,19). The number of anilines is 2. The highest BCUT2D eigenvalue weighted by atomic mass is 32.2. The van der Waals surface area contributed by atoms with Gasteiger partial charge in [0.1, 0.15) is 6.33 Å². The summed E-state index contributed by atoms with van der Waals surface area (Å²) in [4.78, 5) is 30.7. The number of esters is 1. The number of nitrogens with one attached hydrogen (secondary N) is 1. The molecule has 0 aromatic carbocycles. The van der Waals surface area contributed by atoms with Gasteiger partial charge in [0.15, 0.2) is 0 Å². The summed E-state index contributed by atoms with van der Waals surface area (Å²) >= 11 is 1.19. The normalized spacial score (nSPS) is 10.6. The van der Waals surface area contributed by atoms with Crippen LogP contribution in [0.15, 0.2) is 11.5 Å². The highest BCUT2D eigenvalue weighted by Gasteiger charge is 2.14. The van der Waals surface area contributed by atoms with E-state index in [0.29, 0.717) is 29.5 Å². The zero-order valence-electron chi connectivity index (χ0n) is 14.8. The maximum atomic E-state index is 11.2. The van der Waals surface area contributed by atoms with Gasteiger partial charge in [-0.05, 0) is 20.8 Å². The second-order valence-corrected chi connectivity index (χ2v) is 5.74. The van der Waals surface area contributed by atoms with Crippen LogP contribution in [0.4, 0.5) is 11.9 Å². The van der Waals surface area contributed by atoms with E-state index in [4.69, 9.17) is 0 Å². The van der Waals surface area contributed by atoms with E-state index in [1.165, 1.54) is 29.9 Å². The molecule has 136 valence electrons. The average molecular weight is 366 g/mol. The number of hydrogen-bond donors (Lipinski definition) is 1. The molecular weight excluding hydrogens is 344 g/mol. The van der Waals surface area contributed by atoms with Gasteiger partial charge in [0.2, 0.25) is 17.1 Å². The zero-order chi connectivity index (χ0) is 18.2. The molecule has 0 aliphatic carbocycles. The van der Waals surface area contributed by atoms with Crippen molar-refractivity contribution in [1.82, 2.24) is 29.7 Å². The van der Waals surface area contributed by atoms with Crippen LogP contribution in [0.25, 0.3) is 5.95 Å². The number of carbonyl (C=O) groups is 1. The lowest BCUT2D eigenvalue weighted by molar-refractivity contribution is -0.137. The summed E-state index contributed by atoms with van der Waals surface area (Å²) in [6.07, 6.45) is 1.51. The van der Waals surface area contributed by atoms with Gasteiger partial charge < -0.3 is 15.0 Å². The summed E-state index contributed by atoms with van der Waals surface area (Å²) < 4.78 is 6.07. The Labute approximate surface area is 150 Å². The summed E-state index contributed by atoms with van der Waals surface area (Å²) in [6.45, 7) is 8.30. The smallest absolute Gasteiger partial charge is 0.316 e. The lowest BCUT2D eigenvalue weighted by Crippen LogP contribution is -2.25. The molecule has 2 heterocycles. The minimum atomic E-state index is -0.334. The van der Waals surface area contributed by atoms with Crippen molar-refractivity contribution in [1.29, 1.82) is 0 Å². The Morgan fingerprint density at radius 3 is 2.68 bits per heavy atom. The number of aromatic nitrogens is 6. The molecule has 2 aromatic rings. The van der Waals surface area contributed by atoms with E-state index in [9.17, 15) is 4.79 Å².